The van der Waals surface area contributed by atoms with Gasteiger partial charge in [0.05, 0.1) is 36.1 Å². The number of hydrogen-bond acceptors (Lipinski definition) is 9. The molecule has 17 heteroatoms. The SMILES string of the molecule is COc1ccc2c(c1C1CCN(CC3CCCCC3)CC1)n(C)c(=O)n2C1CCC(=O)NC1=O.O=C(Nc1cc2cn[nH]c2cn1)c1cccc(C(F)(F)F)n1.[HH].[HH]. The molecule has 0 bridgehead atoms. The van der Waals surface area contributed by atoms with Crippen LogP contribution in [0.15, 0.2) is 53.6 Å². The van der Waals surface area contributed by atoms with Crippen LogP contribution in [0.2, 0.25) is 0 Å². The van der Waals surface area contributed by atoms with E-state index in [1.807, 2.05) is 12.1 Å². The van der Waals surface area contributed by atoms with Crippen molar-refractivity contribution in [3.63, 3.8) is 0 Å². The van der Waals surface area contributed by atoms with Crippen molar-refractivity contribution < 1.29 is 35.1 Å². The number of ether oxygens (including phenoxy) is 1. The highest BCUT2D eigenvalue weighted by Gasteiger charge is 2.35. The Bertz CT molecular complexity index is 2320. The Hall–Kier alpha value is -5.58. The Labute approximate surface area is 322 Å². The number of rotatable bonds is 7. The number of fused-ring (bicyclic) bond motifs is 2. The quantitative estimate of drug-likeness (QED) is 0.163. The zero-order valence-electron chi connectivity index (χ0n) is 31.2. The van der Waals surface area contributed by atoms with Crippen LogP contribution in [0.5, 0.6) is 5.75 Å². The van der Waals surface area contributed by atoms with Gasteiger partial charge in [0, 0.05) is 33.8 Å². The molecule has 56 heavy (non-hydrogen) atoms. The third-order valence-corrected chi connectivity index (χ3v) is 11.1. The Morgan fingerprint density at radius 1 is 1.02 bits per heavy atom. The van der Waals surface area contributed by atoms with E-state index < -0.39 is 29.7 Å². The van der Waals surface area contributed by atoms with Crippen LogP contribution >= 0.6 is 0 Å². The van der Waals surface area contributed by atoms with Gasteiger partial charge in [0.1, 0.15) is 29.0 Å². The number of piperidine rings is 2. The number of benzene rings is 1. The summed E-state index contributed by atoms with van der Waals surface area (Å²) in [5.41, 5.74) is 1.64. The van der Waals surface area contributed by atoms with Crippen LogP contribution in [-0.2, 0) is 22.8 Å². The average Bonchev–Trinajstić information content (AvgIpc) is 3.76. The third-order valence-electron chi connectivity index (χ3n) is 11.1. The van der Waals surface area contributed by atoms with E-state index in [0.717, 1.165) is 66.3 Å². The molecule has 1 atom stereocenters. The standard InChI is InChI=1S/C26H36N4O4.C13H8F3N5O.2H2/c1-28-24-19(30(26(28)33)20-9-11-22(31)27-25(20)32)8-10-21(34-2)23(24)18-12-14-29(15-13-18)16-17-6-4-3-5-7-17;14-13(15,16)10-3-1-2-8(19-10)12(22)20-11-4-7-5-18-21-9(7)6-17-11;;/h8,10,17-18,20H,3-7,9,11-16H2,1-2H3,(H,27,31,32);1-6H,(H,18,21)(H,17,20,22);2*1H. The predicted molar refractivity (Wildman–Crippen MR) is 205 cm³/mol. The van der Waals surface area contributed by atoms with Crippen molar-refractivity contribution in [3.8, 4) is 5.75 Å². The normalized spacial score (nSPS) is 18.8. The first-order valence-corrected chi connectivity index (χ1v) is 18.9. The Kier molecular flexibility index (Phi) is 11.2. The van der Waals surface area contributed by atoms with E-state index in [1.165, 1.54) is 57.1 Å². The van der Waals surface area contributed by atoms with Crippen molar-refractivity contribution in [3.05, 3.63) is 76.2 Å². The lowest BCUT2D eigenvalue weighted by Crippen LogP contribution is -2.44. The molecular formula is C39H48F3N9O5. The number of pyridine rings is 2. The molecule has 1 aliphatic carbocycles. The number of imide groups is 1. The van der Waals surface area contributed by atoms with Crippen LogP contribution in [0.1, 0.15) is 94.3 Å². The second-order valence-electron chi connectivity index (χ2n) is 14.7. The zero-order valence-corrected chi connectivity index (χ0v) is 31.2. The summed E-state index contributed by atoms with van der Waals surface area (Å²) in [7, 11) is 3.45. The lowest BCUT2D eigenvalue weighted by molar-refractivity contribution is -0.141. The highest BCUT2D eigenvalue weighted by molar-refractivity contribution is 6.03. The summed E-state index contributed by atoms with van der Waals surface area (Å²) in [5, 5.41) is 12.0. The topological polar surface area (TPSA) is 169 Å². The number of imidazole rings is 1. The molecule has 6 heterocycles. The summed E-state index contributed by atoms with van der Waals surface area (Å²) in [6.45, 7) is 3.32. The highest BCUT2D eigenvalue weighted by atomic mass is 19.4. The van der Waals surface area contributed by atoms with Gasteiger partial charge in [-0.1, -0.05) is 25.3 Å². The van der Waals surface area contributed by atoms with Crippen molar-refractivity contribution in [2.24, 2.45) is 13.0 Å². The van der Waals surface area contributed by atoms with Gasteiger partial charge in [0.2, 0.25) is 11.8 Å². The molecule has 0 spiro atoms. The summed E-state index contributed by atoms with van der Waals surface area (Å²) in [5.74, 6) is 0.668. The zero-order chi connectivity index (χ0) is 39.6. The number of carbonyl (C=O) groups excluding carboxylic acids is 3. The predicted octanol–water partition coefficient (Wildman–Crippen LogP) is 6.20. The van der Waals surface area contributed by atoms with Gasteiger partial charge in [0.25, 0.3) is 5.91 Å². The lowest BCUT2D eigenvalue weighted by Gasteiger charge is -2.36. The minimum Gasteiger partial charge on any atom is -0.496 e. The van der Waals surface area contributed by atoms with Crippen molar-refractivity contribution in [1.82, 2.24) is 39.5 Å². The molecule has 3 N–H and O–H groups in total. The maximum atomic E-state index is 13.3. The van der Waals surface area contributed by atoms with Gasteiger partial charge in [0.15, 0.2) is 0 Å². The molecule has 14 nitrogen and oxygen atoms in total. The van der Waals surface area contributed by atoms with Crippen molar-refractivity contribution >= 4 is 45.5 Å². The van der Waals surface area contributed by atoms with Crippen molar-refractivity contribution in [1.29, 1.82) is 0 Å². The van der Waals surface area contributed by atoms with Crippen LogP contribution in [0.3, 0.4) is 0 Å². The Morgan fingerprint density at radius 3 is 2.50 bits per heavy atom. The number of halogens is 3. The van der Waals surface area contributed by atoms with Gasteiger partial charge in [-0.2, -0.15) is 18.3 Å². The summed E-state index contributed by atoms with van der Waals surface area (Å²) in [6, 6.07) is 7.79. The molecule has 2 saturated heterocycles. The third kappa shape index (κ3) is 8.17. The summed E-state index contributed by atoms with van der Waals surface area (Å²) in [6.07, 6.45) is 7.88. The van der Waals surface area contributed by atoms with Gasteiger partial charge in [-0.3, -0.25) is 33.9 Å². The number of methoxy groups -OCH3 is 1. The van der Waals surface area contributed by atoms with Crippen LogP contribution in [0.25, 0.3) is 21.9 Å². The number of nitrogens with one attached hydrogen (secondary N) is 3. The number of H-pyrrole nitrogens is 1. The van der Waals surface area contributed by atoms with E-state index in [2.05, 4.69) is 35.7 Å². The van der Waals surface area contributed by atoms with E-state index in [1.54, 1.807) is 29.4 Å². The van der Waals surface area contributed by atoms with Crippen LogP contribution in [0.4, 0.5) is 19.0 Å². The number of alkyl halides is 3. The molecule has 0 radical (unpaired) electrons. The van der Waals surface area contributed by atoms with E-state index in [9.17, 15) is 32.3 Å². The average molecular weight is 780 g/mol. The smallest absolute Gasteiger partial charge is 0.433 e. The van der Waals surface area contributed by atoms with E-state index in [0.29, 0.717) is 23.2 Å². The molecule has 5 aromatic rings. The number of carbonyl (C=O) groups is 3. The fourth-order valence-corrected chi connectivity index (χ4v) is 8.24. The molecule has 4 aromatic heterocycles. The van der Waals surface area contributed by atoms with Crippen LogP contribution in [0, 0.1) is 5.92 Å². The summed E-state index contributed by atoms with van der Waals surface area (Å²) in [4.78, 5) is 59.4. The van der Waals surface area contributed by atoms with Gasteiger partial charge in [-0.15, -0.1) is 0 Å². The molecule has 1 aromatic carbocycles. The molecule has 300 valence electrons. The summed E-state index contributed by atoms with van der Waals surface area (Å²) < 4.78 is 46.7. The van der Waals surface area contributed by atoms with Crippen LogP contribution < -0.4 is 21.1 Å². The van der Waals surface area contributed by atoms with E-state index >= 15 is 0 Å². The van der Waals surface area contributed by atoms with Gasteiger partial charge in [-0.05, 0) is 87.4 Å². The number of amides is 3. The first-order valence-electron chi connectivity index (χ1n) is 18.9. The van der Waals surface area contributed by atoms with Crippen molar-refractivity contribution in [2.45, 2.75) is 75.9 Å². The first-order chi connectivity index (χ1) is 26.9. The molecule has 2 aliphatic heterocycles. The fraction of sp³-hybridized carbons (Fsp3) is 0.462. The second kappa shape index (κ2) is 16.3. The monoisotopic (exact) mass is 779 g/mol. The molecule has 8 rings (SSSR count). The first kappa shape index (κ1) is 38.7. The van der Waals surface area contributed by atoms with Crippen molar-refractivity contribution in [2.75, 3.05) is 32.1 Å². The molecular weight excluding hydrogens is 731 g/mol. The van der Waals surface area contributed by atoms with Gasteiger partial charge >= 0.3 is 11.9 Å². The maximum absolute atomic E-state index is 13.3. The second-order valence-corrected chi connectivity index (χ2v) is 14.7. The molecule has 1 saturated carbocycles. The number of hydrogen-bond donors (Lipinski definition) is 3. The number of aromatic amines is 1. The maximum Gasteiger partial charge on any atom is 0.433 e. The lowest BCUT2D eigenvalue weighted by atomic mass is 9.85. The number of nitrogens with zero attached hydrogens (tertiary/aromatic N) is 6. The highest BCUT2D eigenvalue weighted by Crippen LogP contribution is 2.40. The molecule has 1 unspecified atom stereocenters. The van der Waals surface area contributed by atoms with E-state index in [4.69, 9.17) is 4.74 Å². The number of aryl methyl sites for hydroxylation is 1. The minimum absolute atomic E-state index is 0. The molecule has 3 aliphatic rings. The summed E-state index contributed by atoms with van der Waals surface area (Å²) >= 11 is 0. The number of anilines is 1. The van der Waals surface area contributed by atoms with Gasteiger partial charge < -0.3 is 15.0 Å². The minimum atomic E-state index is -4.61. The van der Waals surface area contributed by atoms with E-state index in [-0.39, 0.29) is 32.4 Å². The Balaban J connectivity index is 0.000000232. The molecule has 3 amide bonds. The van der Waals surface area contributed by atoms with Gasteiger partial charge in [-0.25, -0.2) is 14.8 Å². The Morgan fingerprint density at radius 2 is 1.79 bits per heavy atom. The largest absolute Gasteiger partial charge is 0.496 e. The van der Waals surface area contributed by atoms with Crippen LogP contribution in [-0.4, -0.2) is 78.7 Å². The number of likely N-dealkylation sites (tertiary alicyclic amines) is 1. The fourth-order valence-electron chi connectivity index (χ4n) is 8.24. The number of aromatic nitrogens is 6. The molecule has 3 fully saturated rings.